The monoisotopic (exact) mass is 213 g/mol. The summed E-state index contributed by atoms with van der Waals surface area (Å²) in [5.41, 5.74) is 3.14. The average molecular weight is 214 g/mol. The van der Waals surface area contributed by atoms with Crippen LogP contribution in [0.4, 0.5) is 0 Å². The molecule has 10 heavy (non-hydrogen) atoms. The van der Waals surface area contributed by atoms with E-state index >= 15 is 0 Å². The minimum atomic E-state index is -0.972. The van der Waals surface area contributed by atoms with E-state index in [9.17, 15) is 0 Å². The quantitative estimate of drug-likeness (QED) is 0.628. The second-order valence-electron chi connectivity index (χ2n) is 3.28. The zero-order chi connectivity index (χ0) is 7.72. The molecule has 1 aliphatic rings. The molecule has 0 aromatic rings. The maximum absolute atomic E-state index is 2.47. The summed E-state index contributed by atoms with van der Waals surface area (Å²) in [6.07, 6.45) is 4.69. The van der Waals surface area contributed by atoms with Crippen molar-refractivity contribution in [3.8, 4) is 0 Å². The second-order valence-corrected chi connectivity index (χ2v) is 10.1. The zero-order valence-corrected chi connectivity index (χ0v) is 9.69. The summed E-state index contributed by atoms with van der Waals surface area (Å²) in [5, 5.41) is 0. The van der Waals surface area contributed by atoms with E-state index in [1.807, 2.05) is 0 Å². The van der Waals surface area contributed by atoms with E-state index in [4.69, 9.17) is 0 Å². The molecule has 1 unspecified atom stereocenters. The van der Waals surface area contributed by atoms with E-state index in [1.54, 1.807) is 5.57 Å². The van der Waals surface area contributed by atoms with Crippen LogP contribution in [0.2, 0.25) is 12.9 Å². The van der Waals surface area contributed by atoms with Gasteiger partial charge in [0.1, 0.15) is 0 Å². The van der Waals surface area contributed by atoms with Gasteiger partial charge in [0.25, 0.3) is 0 Å². The Morgan fingerprint density at radius 3 is 2.10 bits per heavy atom. The molecule has 0 radical (unpaired) electrons. The van der Waals surface area contributed by atoms with E-state index in [2.05, 4.69) is 35.3 Å². The third-order valence-corrected chi connectivity index (χ3v) is 6.84. The van der Waals surface area contributed by atoms with Gasteiger partial charge >= 0.3 is 71.8 Å². The molecule has 0 aromatic carbocycles. The van der Waals surface area contributed by atoms with Crippen LogP contribution >= 0.6 is 0 Å². The minimum absolute atomic E-state index is 0.905. The van der Waals surface area contributed by atoms with Crippen molar-refractivity contribution < 1.29 is 21.8 Å². The molecule has 1 aliphatic carbocycles. The first-order valence-electron chi connectivity index (χ1n) is 3.78. The molecular weight excluding hydrogens is 199 g/mol. The van der Waals surface area contributed by atoms with Crippen molar-refractivity contribution in [3.63, 3.8) is 0 Å². The van der Waals surface area contributed by atoms with Crippen LogP contribution < -0.4 is 0 Å². The average Bonchev–Trinajstić information content (AvgIpc) is 2.14. The Labute approximate surface area is 71.7 Å². The van der Waals surface area contributed by atoms with E-state index in [0.29, 0.717) is 0 Å². The van der Waals surface area contributed by atoms with Gasteiger partial charge in [0, 0.05) is 0 Å². The van der Waals surface area contributed by atoms with Crippen LogP contribution in [0.1, 0.15) is 13.8 Å². The summed E-state index contributed by atoms with van der Waals surface area (Å²) < 4.78 is 5.85. The van der Waals surface area contributed by atoms with E-state index in [0.717, 1.165) is 3.63 Å². The third kappa shape index (κ3) is 1.50. The molecule has 0 aliphatic heterocycles. The van der Waals surface area contributed by atoms with Gasteiger partial charge in [-0.2, -0.15) is 0 Å². The fraction of sp³-hybridized carbons (Fsp3) is 0.556. The zero-order valence-electron chi connectivity index (χ0n) is 7.23. The maximum atomic E-state index is 2.47. The van der Waals surface area contributed by atoms with E-state index in [-0.39, 0.29) is 0 Å². The molecule has 0 fully saturated rings. The van der Waals surface area contributed by atoms with Crippen LogP contribution in [0, 0.1) is 0 Å². The van der Waals surface area contributed by atoms with Crippen LogP contribution in [0.25, 0.3) is 0 Å². The Morgan fingerprint density at radius 2 is 1.90 bits per heavy atom. The van der Waals surface area contributed by atoms with Crippen LogP contribution in [0.3, 0.4) is 0 Å². The fourth-order valence-electron chi connectivity index (χ4n) is 1.39. The first-order valence-corrected chi connectivity index (χ1v) is 10.1. The van der Waals surface area contributed by atoms with E-state index < -0.39 is 21.8 Å². The van der Waals surface area contributed by atoms with Gasteiger partial charge in [-0.15, -0.1) is 0 Å². The molecule has 0 saturated carbocycles. The number of hydrogen-bond acceptors (Lipinski definition) is 0. The van der Waals surface area contributed by atoms with Crippen LogP contribution in [0.15, 0.2) is 23.3 Å². The number of allylic oxidation sites excluding steroid dienone is 4. The number of hydrogen-bond donors (Lipinski definition) is 0. The third-order valence-electron chi connectivity index (χ3n) is 2.25. The Hall–Kier alpha value is 0.363. The Morgan fingerprint density at radius 1 is 1.30 bits per heavy atom. The summed E-state index contributed by atoms with van der Waals surface area (Å²) in [7, 11) is 0. The van der Waals surface area contributed by atoms with Crippen molar-refractivity contribution in [3.05, 3.63) is 23.3 Å². The van der Waals surface area contributed by atoms with Gasteiger partial charge in [-0.1, -0.05) is 0 Å². The van der Waals surface area contributed by atoms with E-state index in [1.165, 1.54) is 5.57 Å². The molecule has 55 valence electrons. The van der Waals surface area contributed by atoms with Gasteiger partial charge in [0.05, 0.1) is 0 Å². The van der Waals surface area contributed by atoms with Gasteiger partial charge in [0.2, 0.25) is 0 Å². The SMILES string of the molecule is CC1=C(C)[CH]([Zr]([CH3])[CH3])C=C1. The van der Waals surface area contributed by atoms with Crippen LogP contribution in [0.5, 0.6) is 0 Å². The standard InChI is InChI=1S/C7H9.2CH3.Zr/c1-6-4-3-5-7(6)2;;;/h3-5H,1-2H3;2*1H3;. The van der Waals surface area contributed by atoms with Crippen molar-refractivity contribution in [1.29, 1.82) is 0 Å². The van der Waals surface area contributed by atoms with Crippen molar-refractivity contribution in [2.75, 3.05) is 0 Å². The van der Waals surface area contributed by atoms with Gasteiger partial charge < -0.3 is 0 Å². The predicted molar refractivity (Wildman–Crippen MR) is 43.0 cm³/mol. The molecule has 0 saturated heterocycles. The summed E-state index contributed by atoms with van der Waals surface area (Å²) in [6, 6.07) is 0. The molecular formula is C9H15Zr. The molecule has 1 atom stereocenters. The van der Waals surface area contributed by atoms with Crippen molar-refractivity contribution in [2.45, 2.75) is 26.7 Å². The van der Waals surface area contributed by atoms with Crippen LogP contribution in [-0.4, -0.2) is 0 Å². The molecule has 0 heterocycles. The Bertz CT molecular complexity index is 187. The summed E-state index contributed by atoms with van der Waals surface area (Å²) in [6.45, 7) is 4.51. The van der Waals surface area contributed by atoms with Gasteiger partial charge in [0.15, 0.2) is 0 Å². The predicted octanol–water partition coefficient (Wildman–Crippen LogP) is 3.40. The first-order chi connectivity index (χ1) is 4.63. The molecule has 0 spiro atoms. The summed E-state index contributed by atoms with van der Waals surface area (Å²) in [5.74, 6) is 0. The number of rotatable bonds is 1. The molecule has 0 N–H and O–H groups in total. The summed E-state index contributed by atoms with van der Waals surface area (Å²) in [4.78, 5) is 0. The van der Waals surface area contributed by atoms with Crippen molar-refractivity contribution >= 4 is 0 Å². The molecule has 1 rings (SSSR count). The van der Waals surface area contributed by atoms with Crippen LogP contribution in [-0.2, 0) is 21.8 Å². The topological polar surface area (TPSA) is 0 Å². The molecule has 0 bridgehead atoms. The van der Waals surface area contributed by atoms with Gasteiger partial charge in [-0.05, 0) is 0 Å². The Kier molecular flexibility index (Phi) is 2.69. The molecule has 1 heteroatoms. The van der Waals surface area contributed by atoms with Gasteiger partial charge in [-0.3, -0.25) is 0 Å². The van der Waals surface area contributed by atoms with Gasteiger partial charge in [-0.25, -0.2) is 0 Å². The molecule has 0 aromatic heterocycles. The molecule has 0 nitrogen and oxygen atoms in total. The molecule has 0 amide bonds. The van der Waals surface area contributed by atoms with Crippen molar-refractivity contribution in [2.24, 2.45) is 0 Å². The first kappa shape index (κ1) is 8.46. The Balaban J connectivity index is 2.78. The second kappa shape index (κ2) is 3.17. The normalized spacial score (nSPS) is 24.2. The fourth-order valence-corrected chi connectivity index (χ4v) is 5.26. The van der Waals surface area contributed by atoms with Crippen molar-refractivity contribution in [1.82, 2.24) is 0 Å². The summed E-state index contributed by atoms with van der Waals surface area (Å²) >= 11 is -0.972.